The van der Waals surface area contributed by atoms with Crippen molar-refractivity contribution in [3.8, 4) is 5.75 Å². The third-order valence-electron chi connectivity index (χ3n) is 4.77. The van der Waals surface area contributed by atoms with Gasteiger partial charge in [-0.1, -0.05) is 12.1 Å². The number of aliphatic carboxylic acids is 1. The number of carbonyl (C=O) groups is 1. The van der Waals surface area contributed by atoms with Crippen LogP contribution in [0.3, 0.4) is 0 Å². The van der Waals surface area contributed by atoms with Crippen molar-refractivity contribution in [3.63, 3.8) is 0 Å². The number of hydrogen-bond acceptors (Lipinski definition) is 4. The Balaban J connectivity index is 1.66. The topological polar surface area (TPSA) is 59.0 Å². The van der Waals surface area contributed by atoms with Gasteiger partial charge in [0.05, 0.1) is 12.0 Å². The third-order valence-corrected chi connectivity index (χ3v) is 4.77. The van der Waals surface area contributed by atoms with Gasteiger partial charge in [0.25, 0.3) is 0 Å². The quantitative estimate of drug-likeness (QED) is 0.909. The molecule has 2 heterocycles. The van der Waals surface area contributed by atoms with Gasteiger partial charge in [0, 0.05) is 32.2 Å². The highest BCUT2D eigenvalue weighted by molar-refractivity contribution is 5.76. The normalized spacial score (nSPS) is 27.7. The van der Waals surface area contributed by atoms with E-state index in [0.29, 0.717) is 39.3 Å². The van der Waals surface area contributed by atoms with Crippen LogP contribution in [0.1, 0.15) is 12.0 Å². The number of carboxylic acids is 1. The Bertz CT molecular complexity index is 604. The second-order valence-corrected chi connectivity index (χ2v) is 6.34. The van der Waals surface area contributed by atoms with Crippen LogP contribution >= 0.6 is 0 Å². The summed E-state index contributed by atoms with van der Waals surface area (Å²) in [6.07, 6.45) is -4.22. The lowest BCUT2D eigenvalue weighted by Gasteiger charge is -2.34. The molecule has 0 saturated carbocycles. The number of benzene rings is 1. The first kappa shape index (κ1) is 17.0. The van der Waals surface area contributed by atoms with Gasteiger partial charge in [-0.15, -0.1) is 13.2 Å². The lowest BCUT2D eigenvalue weighted by Crippen LogP contribution is -2.44. The molecule has 8 heteroatoms. The van der Waals surface area contributed by atoms with E-state index in [4.69, 9.17) is 4.74 Å². The predicted octanol–water partition coefficient (Wildman–Crippen LogP) is 2.51. The molecule has 1 N–H and O–H groups in total. The van der Waals surface area contributed by atoms with Gasteiger partial charge in [-0.05, 0) is 24.1 Å². The molecule has 5 nitrogen and oxygen atoms in total. The van der Waals surface area contributed by atoms with E-state index in [-0.39, 0.29) is 11.7 Å². The summed E-state index contributed by atoms with van der Waals surface area (Å²) in [5.74, 6) is -1.12. The summed E-state index contributed by atoms with van der Waals surface area (Å²) in [6, 6.07) is 5.66. The van der Waals surface area contributed by atoms with E-state index in [0.717, 1.165) is 5.56 Å². The number of rotatable bonds is 4. The Hall–Kier alpha value is -1.80. The number of ether oxygens (including phenoxy) is 2. The molecule has 0 amide bonds. The number of likely N-dealkylation sites (tertiary alicyclic amines) is 1. The summed E-state index contributed by atoms with van der Waals surface area (Å²) in [6.45, 7) is 2.39. The first-order valence-corrected chi connectivity index (χ1v) is 7.67. The molecule has 1 aromatic rings. The molecular weight excluding hydrogens is 327 g/mol. The van der Waals surface area contributed by atoms with Crippen LogP contribution in [-0.2, 0) is 16.1 Å². The number of hydrogen-bond donors (Lipinski definition) is 1. The second-order valence-electron chi connectivity index (χ2n) is 6.34. The lowest BCUT2D eigenvalue weighted by atomic mass is 9.74. The zero-order valence-corrected chi connectivity index (χ0v) is 12.9. The van der Waals surface area contributed by atoms with E-state index < -0.39 is 17.7 Å². The SMILES string of the molecule is O=C(O)[C@]12CCOC[C@H]1CN(Cc1ccc(OC(F)(F)F)cc1)C2. The van der Waals surface area contributed by atoms with Crippen molar-refractivity contribution in [1.29, 1.82) is 0 Å². The molecule has 0 spiro atoms. The number of carboxylic acid groups (broad SMARTS) is 1. The van der Waals surface area contributed by atoms with Crippen molar-refractivity contribution in [3.05, 3.63) is 29.8 Å². The smallest absolute Gasteiger partial charge is 0.481 e. The van der Waals surface area contributed by atoms with Crippen molar-refractivity contribution in [1.82, 2.24) is 4.90 Å². The van der Waals surface area contributed by atoms with Gasteiger partial charge >= 0.3 is 12.3 Å². The average Bonchev–Trinajstić information content (AvgIpc) is 2.87. The molecule has 1 aromatic carbocycles. The molecule has 0 radical (unpaired) electrons. The monoisotopic (exact) mass is 345 g/mol. The number of nitrogens with zero attached hydrogens (tertiary/aromatic N) is 1. The Kier molecular flexibility index (Phi) is 4.44. The molecule has 2 aliphatic rings. The van der Waals surface area contributed by atoms with Crippen LogP contribution in [0.4, 0.5) is 13.2 Å². The number of alkyl halides is 3. The summed E-state index contributed by atoms with van der Waals surface area (Å²) < 4.78 is 45.7. The summed E-state index contributed by atoms with van der Waals surface area (Å²) in [5, 5.41) is 9.62. The van der Waals surface area contributed by atoms with Gasteiger partial charge < -0.3 is 14.6 Å². The minimum atomic E-state index is -4.71. The zero-order chi connectivity index (χ0) is 17.4. The minimum Gasteiger partial charge on any atom is -0.481 e. The summed E-state index contributed by atoms with van der Waals surface area (Å²) >= 11 is 0. The van der Waals surface area contributed by atoms with Crippen LogP contribution in [0.25, 0.3) is 0 Å². The fourth-order valence-corrected chi connectivity index (χ4v) is 3.58. The van der Waals surface area contributed by atoms with Crippen LogP contribution in [0.5, 0.6) is 5.75 Å². The second kappa shape index (κ2) is 6.25. The molecule has 132 valence electrons. The van der Waals surface area contributed by atoms with Gasteiger partial charge in [-0.2, -0.15) is 0 Å². The van der Waals surface area contributed by atoms with Crippen LogP contribution in [-0.4, -0.2) is 48.6 Å². The maximum absolute atomic E-state index is 12.2. The highest BCUT2D eigenvalue weighted by atomic mass is 19.4. The van der Waals surface area contributed by atoms with Crippen molar-refractivity contribution >= 4 is 5.97 Å². The highest BCUT2D eigenvalue weighted by Gasteiger charge is 2.53. The summed E-state index contributed by atoms with van der Waals surface area (Å²) in [7, 11) is 0. The van der Waals surface area contributed by atoms with Gasteiger partial charge in [0.2, 0.25) is 0 Å². The fraction of sp³-hybridized carbons (Fsp3) is 0.562. The minimum absolute atomic E-state index is 0.0587. The molecule has 2 saturated heterocycles. The van der Waals surface area contributed by atoms with E-state index in [1.165, 1.54) is 12.1 Å². The maximum Gasteiger partial charge on any atom is 0.573 e. The molecule has 3 rings (SSSR count). The molecule has 0 aromatic heterocycles. The van der Waals surface area contributed by atoms with Crippen molar-refractivity contribution in [2.24, 2.45) is 11.3 Å². The van der Waals surface area contributed by atoms with E-state index >= 15 is 0 Å². The standard InChI is InChI=1S/C16H18F3NO4/c17-16(18,19)24-13-3-1-11(2-4-13)7-20-8-12-9-23-6-5-15(12,10-20)14(21)22/h1-4,12H,5-10H2,(H,21,22)/t12-,15+/m1/s1. The molecule has 2 fully saturated rings. The predicted molar refractivity (Wildman–Crippen MR) is 77.4 cm³/mol. The summed E-state index contributed by atoms with van der Waals surface area (Å²) in [4.78, 5) is 13.7. The largest absolute Gasteiger partial charge is 0.573 e. The molecular formula is C16H18F3NO4. The van der Waals surface area contributed by atoms with Crippen molar-refractivity contribution in [2.45, 2.75) is 19.3 Å². The first-order chi connectivity index (χ1) is 11.3. The van der Waals surface area contributed by atoms with E-state index in [1.807, 2.05) is 4.90 Å². The van der Waals surface area contributed by atoms with Crippen LogP contribution in [0, 0.1) is 11.3 Å². The van der Waals surface area contributed by atoms with E-state index in [1.54, 1.807) is 12.1 Å². The molecule has 24 heavy (non-hydrogen) atoms. The fourth-order valence-electron chi connectivity index (χ4n) is 3.58. The average molecular weight is 345 g/mol. The van der Waals surface area contributed by atoms with Crippen LogP contribution in [0.15, 0.2) is 24.3 Å². The van der Waals surface area contributed by atoms with Gasteiger partial charge in [-0.25, -0.2) is 0 Å². The molecule has 0 aliphatic carbocycles. The van der Waals surface area contributed by atoms with Gasteiger partial charge in [0.1, 0.15) is 5.75 Å². The van der Waals surface area contributed by atoms with Crippen LogP contribution in [0.2, 0.25) is 0 Å². The van der Waals surface area contributed by atoms with Gasteiger partial charge in [0.15, 0.2) is 0 Å². The first-order valence-electron chi connectivity index (χ1n) is 7.67. The zero-order valence-electron chi connectivity index (χ0n) is 12.9. The third kappa shape index (κ3) is 3.49. The molecule has 0 bridgehead atoms. The van der Waals surface area contributed by atoms with Gasteiger partial charge in [-0.3, -0.25) is 9.69 Å². The van der Waals surface area contributed by atoms with E-state index in [2.05, 4.69) is 4.74 Å². The number of halogens is 3. The Labute approximate surface area is 137 Å². The maximum atomic E-state index is 12.2. The molecule has 0 unspecified atom stereocenters. The number of fused-ring (bicyclic) bond motifs is 1. The Morgan fingerprint density at radius 1 is 1.38 bits per heavy atom. The van der Waals surface area contributed by atoms with Crippen LogP contribution < -0.4 is 4.74 Å². The summed E-state index contributed by atoms with van der Waals surface area (Å²) in [5.41, 5.74) is 0.0297. The van der Waals surface area contributed by atoms with Crippen molar-refractivity contribution < 1.29 is 32.5 Å². The molecule has 2 atom stereocenters. The lowest BCUT2D eigenvalue weighted by molar-refractivity contribution is -0.274. The Morgan fingerprint density at radius 2 is 2.08 bits per heavy atom. The van der Waals surface area contributed by atoms with E-state index in [9.17, 15) is 23.1 Å². The highest BCUT2D eigenvalue weighted by Crippen LogP contribution is 2.42. The van der Waals surface area contributed by atoms with Crippen molar-refractivity contribution in [2.75, 3.05) is 26.3 Å². The Morgan fingerprint density at radius 3 is 2.67 bits per heavy atom. The molecule has 2 aliphatic heterocycles.